The van der Waals surface area contributed by atoms with E-state index in [9.17, 15) is 13.2 Å². The van der Waals surface area contributed by atoms with Gasteiger partial charge < -0.3 is 15.0 Å². The van der Waals surface area contributed by atoms with E-state index >= 15 is 0 Å². The van der Waals surface area contributed by atoms with Gasteiger partial charge in [-0.05, 0) is 51.0 Å². The molecule has 0 saturated carbocycles. The molecule has 0 aliphatic carbocycles. The maximum absolute atomic E-state index is 12.9. The molecule has 0 bridgehead atoms. The van der Waals surface area contributed by atoms with Crippen LogP contribution in [0.1, 0.15) is 26.7 Å². The Labute approximate surface area is 173 Å². The normalized spacial score (nSPS) is 21.8. The molecule has 2 heterocycles. The first-order chi connectivity index (χ1) is 12.9. The maximum Gasteiger partial charge on any atom is 0.243 e. The van der Waals surface area contributed by atoms with Crippen molar-refractivity contribution in [3.05, 3.63) is 24.3 Å². The maximum atomic E-state index is 12.9. The number of sulfonamides is 1. The van der Waals surface area contributed by atoms with Gasteiger partial charge in [-0.15, -0.1) is 12.4 Å². The highest BCUT2D eigenvalue weighted by Crippen LogP contribution is 2.26. The Morgan fingerprint density at radius 3 is 2.39 bits per heavy atom. The van der Waals surface area contributed by atoms with E-state index < -0.39 is 10.0 Å². The molecule has 0 radical (unpaired) electrons. The summed E-state index contributed by atoms with van der Waals surface area (Å²) in [6.07, 6.45) is 1.15. The molecular weight excluding hydrogens is 402 g/mol. The lowest BCUT2D eigenvalue weighted by molar-refractivity contribution is -0.137. The van der Waals surface area contributed by atoms with Gasteiger partial charge in [-0.2, -0.15) is 4.31 Å². The second-order valence-electron chi connectivity index (χ2n) is 7.22. The molecule has 2 fully saturated rings. The molecule has 9 heteroatoms. The molecule has 3 rings (SSSR count). The summed E-state index contributed by atoms with van der Waals surface area (Å²) in [5.74, 6) is 0.745. The lowest BCUT2D eigenvalue weighted by Gasteiger charge is -2.37. The highest BCUT2D eigenvalue weighted by atomic mass is 35.5. The van der Waals surface area contributed by atoms with Crippen molar-refractivity contribution in [3.8, 4) is 5.75 Å². The summed E-state index contributed by atoms with van der Waals surface area (Å²) in [5, 5.41) is 3.34. The van der Waals surface area contributed by atoms with Crippen LogP contribution in [0.15, 0.2) is 29.2 Å². The van der Waals surface area contributed by atoms with E-state index in [0.717, 1.165) is 19.6 Å². The molecular formula is C19H30ClN3O4S. The fraction of sp³-hybridized carbons (Fsp3) is 0.632. The first-order valence-electron chi connectivity index (χ1n) is 9.67. The molecule has 1 amide bonds. The van der Waals surface area contributed by atoms with Crippen LogP contribution in [-0.4, -0.2) is 68.9 Å². The van der Waals surface area contributed by atoms with Crippen LogP contribution in [0.4, 0.5) is 0 Å². The van der Waals surface area contributed by atoms with Gasteiger partial charge in [0.25, 0.3) is 0 Å². The molecule has 1 aromatic carbocycles. The lowest BCUT2D eigenvalue weighted by Crippen LogP contribution is -2.54. The van der Waals surface area contributed by atoms with Crippen LogP contribution >= 0.6 is 12.4 Å². The van der Waals surface area contributed by atoms with Gasteiger partial charge in [0.1, 0.15) is 5.75 Å². The van der Waals surface area contributed by atoms with Crippen molar-refractivity contribution >= 4 is 28.3 Å². The summed E-state index contributed by atoms with van der Waals surface area (Å²) in [7, 11) is -3.53. The zero-order valence-electron chi connectivity index (χ0n) is 16.5. The highest BCUT2D eigenvalue weighted by Gasteiger charge is 2.34. The number of carbonyl (C=O) groups is 1. The molecule has 0 aromatic heterocycles. The minimum atomic E-state index is -3.53. The van der Waals surface area contributed by atoms with Gasteiger partial charge in [-0.25, -0.2) is 8.42 Å². The number of ether oxygens (including phenoxy) is 1. The van der Waals surface area contributed by atoms with Crippen molar-refractivity contribution in [1.29, 1.82) is 0 Å². The number of carbonyl (C=O) groups excluding carboxylic acids is 1. The van der Waals surface area contributed by atoms with E-state index in [1.165, 1.54) is 4.31 Å². The van der Waals surface area contributed by atoms with E-state index in [-0.39, 0.29) is 29.1 Å². The minimum Gasteiger partial charge on any atom is -0.494 e. The Morgan fingerprint density at radius 1 is 1.18 bits per heavy atom. The van der Waals surface area contributed by atoms with Gasteiger partial charge in [0, 0.05) is 44.7 Å². The van der Waals surface area contributed by atoms with Gasteiger partial charge in [-0.1, -0.05) is 0 Å². The SMILES string of the molecule is CCOc1ccc(S(=O)(=O)N2CCC(C(=O)N3CCNC(C)C3)CC2)cc1.Cl. The Morgan fingerprint density at radius 2 is 1.82 bits per heavy atom. The fourth-order valence-corrected chi connectivity index (χ4v) is 5.23. The monoisotopic (exact) mass is 431 g/mol. The van der Waals surface area contributed by atoms with E-state index in [4.69, 9.17) is 4.74 Å². The molecule has 158 valence electrons. The van der Waals surface area contributed by atoms with Crippen molar-refractivity contribution in [3.63, 3.8) is 0 Å². The predicted octanol–water partition coefficient (Wildman–Crippen LogP) is 1.73. The number of amides is 1. The third-order valence-electron chi connectivity index (χ3n) is 5.26. The molecule has 1 aromatic rings. The third-order valence-corrected chi connectivity index (χ3v) is 7.17. The second kappa shape index (κ2) is 9.91. The van der Waals surface area contributed by atoms with Crippen molar-refractivity contribution in [2.45, 2.75) is 37.6 Å². The molecule has 1 N–H and O–H groups in total. The van der Waals surface area contributed by atoms with E-state index in [1.807, 2.05) is 11.8 Å². The first-order valence-corrected chi connectivity index (χ1v) is 11.1. The van der Waals surface area contributed by atoms with Gasteiger partial charge in [0.05, 0.1) is 11.5 Å². The zero-order valence-corrected chi connectivity index (χ0v) is 18.1. The van der Waals surface area contributed by atoms with Crippen molar-refractivity contribution in [2.75, 3.05) is 39.3 Å². The minimum absolute atomic E-state index is 0. The topological polar surface area (TPSA) is 79.0 Å². The highest BCUT2D eigenvalue weighted by molar-refractivity contribution is 7.89. The number of nitrogens with zero attached hydrogens (tertiary/aromatic N) is 2. The molecule has 2 saturated heterocycles. The number of piperazine rings is 1. The molecule has 28 heavy (non-hydrogen) atoms. The van der Waals surface area contributed by atoms with Crippen molar-refractivity contribution < 1.29 is 17.9 Å². The number of rotatable bonds is 5. The average molecular weight is 432 g/mol. The number of hydrogen-bond donors (Lipinski definition) is 1. The molecule has 1 unspecified atom stereocenters. The number of halogens is 1. The second-order valence-corrected chi connectivity index (χ2v) is 9.16. The van der Waals surface area contributed by atoms with Crippen LogP contribution in [0.3, 0.4) is 0 Å². The van der Waals surface area contributed by atoms with Gasteiger partial charge in [0.2, 0.25) is 15.9 Å². The standard InChI is InChI=1S/C19H29N3O4S.ClH/c1-3-26-17-4-6-18(7-5-17)27(24,25)22-11-8-16(9-12-22)19(23)21-13-10-20-15(2)14-21;/h4-7,15-16,20H,3,8-14H2,1-2H3;1H. The Bertz CT molecular complexity index is 749. The Kier molecular flexibility index (Phi) is 8.12. The summed E-state index contributed by atoms with van der Waals surface area (Å²) in [6, 6.07) is 6.83. The first kappa shape index (κ1) is 22.9. The van der Waals surface area contributed by atoms with Crippen LogP contribution in [0, 0.1) is 5.92 Å². The molecule has 1 atom stereocenters. The molecule has 7 nitrogen and oxygen atoms in total. The Hall–Kier alpha value is -1.35. The number of benzene rings is 1. The van der Waals surface area contributed by atoms with Crippen LogP contribution in [0.5, 0.6) is 5.75 Å². The van der Waals surface area contributed by atoms with Crippen LogP contribution in [0.25, 0.3) is 0 Å². The summed E-state index contributed by atoms with van der Waals surface area (Å²) in [4.78, 5) is 14.9. The Balaban J connectivity index is 0.00000280. The molecule has 0 spiro atoms. The van der Waals surface area contributed by atoms with E-state index in [0.29, 0.717) is 44.3 Å². The van der Waals surface area contributed by atoms with Crippen LogP contribution < -0.4 is 10.1 Å². The summed E-state index contributed by atoms with van der Waals surface area (Å²) in [5.41, 5.74) is 0. The van der Waals surface area contributed by atoms with E-state index in [2.05, 4.69) is 12.2 Å². The third kappa shape index (κ3) is 5.17. The largest absolute Gasteiger partial charge is 0.494 e. The predicted molar refractivity (Wildman–Crippen MR) is 110 cm³/mol. The van der Waals surface area contributed by atoms with E-state index in [1.54, 1.807) is 24.3 Å². The number of nitrogens with one attached hydrogen (secondary N) is 1. The smallest absolute Gasteiger partial charge is 0.243 e. The van der Waals surface area contributed by atoms with Crippen molar-refractivity contribution in [1.82, 2.24) is 14.5 Å². The number of hydrogen-bond acceptors (Lipinski definition) is 5. The van der Waals surface area contributed by atoms with Crippen LogP contribution in [-0.2, 0) is 14.8 Å². The van der Waals surface area contributed by atoms with Crippen molar-refractivity contribution in [2.24, 2.45) is 5.92 Å². The lowest BCUT2D eigenvalue weighted by atomic mass is 9.96. The summed E-state index contributed by atoms with van der Waals surface area (Å²) < 4.78 is 32.6. The van der Waals surface area contributed by atoms with Gasteiger partial charge in [-0.3, -0.25) is 4.79 Å². The quantitative estimate of drug-likeness (QED) is 0.768. The fourth-order valence-electron chi connectivity index (χ4n) is 3.76. The van der Waals surface area contributed by atoms with Crippen LogP contribution in [0.2, 0.25) is 0 Å². The molecule has 2 aliphatic rings. The average Bonchev–Trinajstić information content (AvgIpc) is 2.68. The summed E-state index contributed by atoms with van der Waals surface area (Å²) >= 11 is 0. The number of piperidine rings is 1. The zero-order chi connectivity index (χ0) is 19.4. The summed E-state index contributed by atoms with van der Waals surface area (Å²) in [6.45, 7) is 7.54. The van der Waals surface area contributed by atoms with Gasteiger partial charge in [0.15, 0.2) is 0 Å². The molecule has 2 aliphatic heterocycles. The van der Waals surface area contributed by atoms with Gasteiger partial charge >= 0.3 is 0 Å².